The molecule has 5 N–H and O–H groups in total. The number of aliphatic hydroxyl groups excluding tert-OH is 2. The number of aromatic nitrogens is 1. The molecule has 0 bridgehead atoms. The molecule has 3 rings (SSSR count). The van der Waals surface area contributed by atoms with E-state index in [1.807, 2.05) is 57.5 Å². The van der Waals surface area contributed by atoms with Crippen molar-refractivity contribution in [2.75, 3.05) is 19.7 Å². The summed E-state index contributed by atoms with van der Waals surface area (Å²) in [6.45, 7) is 7.50. The molecule has 1 aliphatic heterocycles. The molecule has 2 aromatic rings. The van der Waals surface area contributed by atoms with Gasteiger partial charge in [0.2, 0.25) is 23.6 Å². The highest BCUT2D eigenvalue weighted by molar-refractivity contribution is 7.13. The van der Waals surface area contributed by atoms with Crippen LogP contribution in [-0.2, 0) is 25.7 Å². The zero-order valence-electron chi connectivity index (χ0n) is 24.1. The highest BCUT2D eigenvalue weighted by Gasteiger charge is 2.44. The quantitative estimate of drug-likeness (QED) is 0.235. The Morgan fingerprint density at radius 2 is 1.80 bits per heavy atom. The van der Waals surface area contributed by atoms with Crippen LogP contribution in [0.25, 0.3) is 10.4 Å². The van der Waals surface area contributed by atoms with E-state index in [4.69, 9.17) is 5.11 Å². The Labute approximate surface area is 244 Å². The van der Waals surface area contributed by atoms with Crippen LogP contribution in [0.5, 0.6) is 0 Å². The Morgan fingerprint density at radius 3 is 2.41 bits per heavy atom. The first-order valence-electron chi connectivity index (χ1n) is 13.8. The number of benzene rings is 1. The molecule has 0 spiro atoms. The molecule has 1 aromatic heterocycles. The summed E-state index contributed by atoms with van der Waals surface area (Å²) in [5.74, 6) is -1.56. The maximum atomic E-state index is 13.7. The van der Waals surface area contributed by atoms with Crippen LogP contribution >= 0.6 is 11.3 Å². The number of hydrogen-bond donors (Lipinski definition) is 5. The van der Waals surface area contributed by atoms with Gasteiger partial charge in [-0.15, -0.1) is 11.3 Å². The van der Waals surface area contributed by atoms with Crippen molar-refractivity contribution in [2.24, 2.45) is 5.41 Å². The van der Waals surface area contributed by atoms with E-state index in [1.54, 1.807) is 11.3 Å². The summed E-state index contributed by atoms with van der Waals surface area (Å²) >= 11 is 1.57. The van der Waals surface area contributed by atoms with E-state index in [-0.39, 0.29) is 37.7 Å². The van der Waals surface area contributed by atoms with Crippen molar-refractivity contribution < 1.29 is 29.4 Å². The number of aliphatic hydroxyl groups is 2. The number of nitrogens with zero attached hydrogens (tertiary/aromatic N) is 2. The summed E-state index contributed by atoms with van der Waals surface area (Å²) in [7, 11) is 0. The molecule has 1 aliphatic rings. The number of rotatable bonds is 12. The van der Waals surface area contributed by atoms with Crippen LogP contribution in [0.2, 0.25) is 0 Å². The van der Waals surface area contributed by atoms with Gasteiger partial charge in [0.15, 0.2) is 0 Å². The fraction of sp³-hybridized carbons (Fsp3) is 0.552. The van der Waals surface area contributed by atoms with Crippen LogP contribution < -0.4 is 16.0 Å². The molecule has 1 fully saturated rings. The second-order valence-electron chi connectivity index (χ2n) is 11.4. The van der Waals surface area contributed by atoms with Gasteiger partial charge in [-0.2, -0.15) is 0 Å². The monoisotopic (exact) mass is 587 g/mol. The smallest absolute Gasteiger partial charge is 0.246 e. The predicted octanol–water partition coefficient (Wildman–Crippen LogP) is 1.51. The average Bonchev–Trinajstić information content (AvgIpc) is 3.54. The third-order valence-electron chi connectivity index (χ3n) is 7.01. The molecule has 0 aliphatic carbocycles. The second-order valence-corrected chi connectivity index (χ2v) is 12.3. The lowest BCUT2D eigenvalue weighted by molar-refractivity contribution is -0.144. The molecule has 2 heterocycles. The fourth-order valence-electron chi connectivity index (χ4n) is 4.71. The number of unbranched alkanes of at least 4 members (excludes halogenated alkanes) is 1. The molecule has 0 unspecified atom stereocenters. The van der Waals surface area contributed by atoms with Crippen molar-refractivity contribution in [3.05, 3.63) is 41.0 Å². The lowest BCUT2D eigenvalue weighted by atomic mass is 9.85. The summed E-state index contributed by atoms with van der Waals surface area (Å²) in [6, 6.07) is 6.10. The van der Waals surface area contributed by atoms with Gasteiger partial charge in [-0.25, -0.2) is 4.98 Å². The number of aryl methyl sites for hydroxylation is 1. The molecule has 12 heteroatoms. The fourth-order valence-corrected chi connectivity index (χ4v) is 5.52. The van der Waals surface area contributed by atoms with Gasteiger partial charge in [0.1, 0.15) is 18.7 Å². The van der Waals surface area contributed by atoms with Crippen LogP contribution in [0.4, 0.5) is 0 Å². The van der Waals surface area contributed by atoms with Crippen LogP contribution in [0, 0.1) is 12.3 Å². The Bertz CT molecular complexity index is 1210. The van der Waals surface area contributed by atoms with Gasteiger partial charge < -0.3 is 31.1 Å². The van der Waals surface area contributed by atoms with E-state index in [9.17, 15) is 24.3 Å². The first-order valence-corrected chi connectivity index (χ1v) is 14.7. The summed E-state index contributed by atoms with van der Waals surface area (Å²) in [4.78, 5) is 57.4. The zero-order chi connectivity index (χ0) is 30.2. The summed E-state index contributed by atoms with van der Waals surface area (Å²) in [5.41, 5.74) is 4.09. The zero-order valence-corrected chi connectivity index (χ0v) is 24.9. The lowest BCUT2D eigenvalue weighted by Gasteiger charge is -2.35. The van der Waals surface area contributed by atoms with E-state index in [1.165, 1.54) is 4.90 Å². The minimum Gasteiger partial charge on any atom is -0.391 e. The van der Waals surface area contributed by atoms with Crippen LogP contribution in [0.1, 0.15) is 57.7 Å². The Kier molecular flexibility index (Phi) is 11.4. The molecular formula is C29H41N5O6S. The van der Waals surface area contributed by atoms with E-state index in [2.05, 4.69) is 20.9 Å². The Morgan fingerprint density at radius 1 is 1.10 bits per heavy atom. The topological polar surface area (TPSA) is 161 Å². The van der Waals surface area contributed by atoms with Crippen LogP contribution in [0.15, 0.2) is 29.8 Å². The molecule has 0 radical (unpaired) electrons. The summed E-state index contributed by atoms with van der Waals surface area (Å²) in [5, 5.41) is 27.4. The second kappa shape index (κ2) is 14.5. The Hall–Kier alpha value is -3.35. The molecule has 4 amide bonds. The first-order chi connectivity index (χ1) is 19.4. The van der Waals surface area contributed by atoms with Crippen molar-refractivity contribution >= 4 is 35.0 Å². The van der Waals surface area contributed by atoms with Crippen molar-refractivity contribution in [1.82, 2.24) is 25.8 Å². The van der Waals surface area contributed by atoms with Crippen molar-refractivity contribution in [2.45, 2.75) is 78.1 Å². The SMILES string of the molecule is Cc1ncsc1-c1ccc(CNC(=O)[C@@H]2C[C@@H](O)CN2C(=O)[C@@H](NC(=O)CCCCNC(=O)CO)C(C)(C)C)cc1. The highest BCUT2D eigenvalue weighted by atomic mass is 32.1. The van der Waals surface area contributed by atoms with E-state index >= 15 is 0 Å². The lowest BCUT2D eigenvalue weighted by Crippen LogP contribution is -2.57. The minimum absolute atomic E-state index is 0.00677. The van der Waals surface area contributed by atoms with Gasteiger partial charge in [-0.1, -0.05) is 45.0 Å². The van der Waals surface area contributed by atoms with Gasteiger partial charge in [-0.05, 0) is 36.3 Å². The van der Waals surface area contributed by atoms with E-state index in [0.717, 1.165) is 21.7 Å². The third kappa shape index (κ3) is 9.07. The number of β-amino-alcohol motifs (C(OH)–C–C–N with tert-alkyl or cyclic N) is 1. The average molecular weight is 588 g/mol. The van der Waals surface area contributed by atoms with E-state index < -0.39 is 42.0 Å². The maximum Gasteiger partial charge on any atom is 0.246 e. The molecule has 1 aromatic carbocycles. The minimum atomic E-state index is -0.896. The molecule has 3 atom stereocenters. The van der Waals surface area contributed by atoms with Gasteiger partial charge in [0.05, 0.1) is 22.2 Å². The van der Waals surface area contributed by atoms with E-state index in [0.29, 0.717) is 19.4 Å². The number of likely N-dealkylation sites (tertiary alicyclic amines) is 1. The highest BCUT2D eigenvalue weighted by Crippen LogP contribution is 2.28. The normalized spacial score (nSPS) is 17.7. The summed E-state index contributed by atoms with van der Waals surface area (Å²) < 4.78 is 0. The molecule has 0 saturated carbocycles. The number of carbonyl (C=O) groups excluding carboxylic acids is 4. The summed E-state index contributed by atoms with van der Waals surface area (Å²) in [6.07, 6.45) is 0.457. The molecule has 11 nitrogen and oxygen atoms in total. The largest absolute Gasteiger partial charge is 0.391 e. The number of carbonyl (C=O) groups is 4. The van der Waals surface area contributed by atoms with Crippen molar-refractivity contribution in [1.29, 1.82) is 0 Å². The number of nitrogens with one attached hydrogen (secondary N) is 3. The van der Waals surface area contributed by atoms with Gasteiger partial charge in [-0.3, -0.25) is 19.2 Å². The van der Waals surface area contributed by atoms with Crippen molar-refractivity contribution in [3.8, 4) is 10.4 Å². The van der Waals surface area contributed by atoms with Gasteiger partial charge >= 0.3 is 0 Å². The van der Waals surface area contributed by atoms with Gasteiger partial charge in [0.25, 0.3) is 0 Å². The molecule has 224 valence electrons. The molecule has 41 heavy (non-hydrogen) atoms. The third-order valence-corrected chi connectivity index (χ3v) is 7.99. The Balaban J connectivity index is 1.58. The maximum absolute atomic E-state index is 13.7. The number of hydrogen-bond acceptors (Lipinski definition) is 8. The van der Waals surface area contributed by atoms with Crippen LogP contribution in [0.3, 0.4) is 0 Å². The predicted molar refractivity (Wildman–Crippen MR) is 156 cm³/mol. The van der Waals surface area contributed by atoms with Gasteiger partial charge in [0, 0.05) is 32.5 Å². The first kappa shape index (κ1) is 32.2. The molecule has 1 saturated heterocycles. The van der Waals surface area contributed by atoms with Crippen molar-refractivity contribution in [3.63, 3.8) is 0 Å². The standard InChI is InChI=1S/C29H41N5O6S/c1-18-25(41-17-32-18)20-10-8-19(9-11-20)14-31-27(39)22-13-21(36)15-34(22)28(40)26(29(2,3)4)33-23(37)7-5-6-12-30-24(38)16-35/h8-11,17,21-22,26,35-36H,5-7,12-16H2,1-4H3,(H,30,38)(H,31,39)(H,33,37)/t21-,22+,26-/m1/s1. The molecular weight excluding hydrogens is 546 g/mol. The number of thiazole rings is 1. The van der Waals surface area contributed by atoms with Crippen LogP contribution in [-0.4, -0.2) is 81.6 Å². The number of amides is 4.